The van der Waals surface area contributed by atoms with Crippen molar-refractivity contribution >= 4 is 17.9 Å². The summed E-state index contributed by atoms with van der Waals surface area (Å²) in [5.41, 5.74) is 1.52. The number of nitrogens with one attached hydrogen (secondary N) is 4. The van der Waals surface area contributed by atoms with E-state index in [1.54, 1.807) is 38.3 Å². The number of carbonyl (C=O) groups is 3. The second-order valence-corrected chi connectivity index (χ2v) is 7.57. The highest BCUT2D eigenvalue weighted by Crippen LogP contribution is 2.28. The Hall–Kier alpha value is -3.07. The molecular formula is C21H29N4O5+. The predicted octanol–water partition coefficient (Wildman–Crippen LogP) is -0.340. The number of methoxy groups -OCH3 is 1. The molecule has 30 heavy (non-hydrogen) atoms. The molecule has 1 aliphatic heterocycles. The number of likely N-dealkylation sites (N-methyl/N-ethyl adjacent to an activating group) is 1. The minimum atomic E-state index is -0.660. The number of rotatable bonds is 9. The third-order valence-corrected chi connectivity index (χ3v) is 4.98. The quantitative estimate of drug-likeness (QED) is 0.411. The first-order valence-corrected chi connectivity index (χ1v) is 10.1. The van der Waals surface area contributed by atoms with E-state index in [1.807, 2.05) is 7.05 Å². The summed E-state index contributed by atoms with van der Waals surface area (Å²) in [6.07, 6.45) is 2.04. The Labute approximate surface area is 175 Å². The number of esters is 1. The molecule has 4 N–H and O–H groups in total. The van der Waals surface area contributed by atoms with E-state index in [2.05, 4.69) is 16.0 Å². The van der Waals surface area contributed by atoms with E-state index in [0.29, 0.717) is 23.6 Å². The molecule has 1 saturated carbocycles. The molecule has 0 radical (unpaired) electrons. The lowest BCUT2D eigenvalue weighted by Gasteiger charge is -2.30. The molecule has 162 valence electrons. The van der Waals surface area contributed by atoms with Crippen LogP contribution in [0.2, 0.25) is 0 Å². The zero-order valence-corrected chi connectivity index (χ0v) is 17.5. The van der Waals surface area contributed by atoms with Gasteiger partial charge in [0.15, 0.2) is 6.54 Å². The van der Waals surface area contributed by atoms with Gasteiger partial charge in [-0.15, -0.1) is 0 Å². The summed E-state index contributed by atoms with van der Waals surface area (Å²) >= 11 is 0. The topological polar surface area (TPSA) is 110 Å². The first-order chi connectivity index (χ1) is 14.4. The molecule has 9 nitrogen and oxygen atoms in total. The van der Waals surface area contributed by atoms with Crippen LogP contribution in [0.3, 0.4) is 0 Å². The van der Waals surface area contributed by atoms with Gasteiger partial charge in [-0.3, -0.25) is 4.79 Å². The van der Waals surface area contributed by atoms with Gasteiger partial charge >= 0.3 is 12.0 Å². The van der Waals surface area contributed by atoms with Crippen LogP contribution >= 0.6 is 0 Å². The number of carbonyl (C=O) groups excluding carboxylic acids is 3. The number of amides is 3. The molecule has 9 heteroatoms. The summed E-state index contributed by atoms with van der Waals surface area (Å²) in [6.45, 7) is 2.49. The molecular weight excluding hydrogens is 388 g/mol. The summed E-state index contributed by atoms with van der Waals surface area (Å²) in [5.74, 6) is 0.128. The van der Waals surface area contributed by atoms with Gasteiger partial charge in [-0.2, -0.15) is 0 Å². The van der Waals surface area contributed by atoms with Crippen LogP contribution in [-0.2, 0) is 14.3 Å². The van der Waals surface area contributed by atoms with E-state index in [9.17, 15) is 14.4 Å². The second kappa shape index (κ2) is 9.62. The number of hydrogen-bond donors (Lipinski definition) is 4. The molecule has 3 rings (SSSR count). The Morgan fingerprint density at radius 3 is 2.53 bits per heavy atom. The normalized spacial score (nSPS) is 19.4. The highest BCUT2D eigenvalue weighted by Gasteiger charge is 2.35. The molecule has 1 unspecified atom stereocenters. The molecule has 2 aliphatic rings. The third-order valence-electron chi connectivity index (χ3n) is 4.98. The Morgan fingerprint density at radius 1 is 1.23 bits per heavy atom. The van der Waals surface area contributed by atoms with Crippen LogP contribution in [0, 0.1) is 0 Å². The van der Waals surface area contributed by atoms with Crippen molar-refractivity contribution < 1.29 is 28.8 Å². The summed E-state index contributed by atoms with van der Waals surface area (Å²) in [7, 11) is 3.42. The van der Waals surface area contributed by atoms with Gasteiger partial charge in [0.05, 0.1) is 38.1 Å². The van der Waals surface area contributed by atoms with Crippen molar-refractivity contribution in [2.24, 2.45) is 0 Å². The highest BCUT2D eigenvalue weighted by molar-refractivity contribution is 5.95. The number of quaternary nitrogens is 1. The SMILES string of the molecule is CCOC(=O)C1=C(C[NH+](C)CC(=O)NC2CC2)NC(=O)N[C@H]1c1ccc(OC)cc1. The van der Waals surface area contributed by atoms with Crippen molar-refractivity contribution in [1.82, 2.24) is 16.0 Å². The molecule has 1 aromatic rings. The van der Waals surface area contributed by atoms with Crippen molar-refractivity contribution in [3.63, 3.8) is 0 Å². The van der Waals surface area contributed by atoms with Crippen LogP contribution in [0.5, 0.6) is 5.75 Å². The number of urea groups is 1. The highest BCUT2D eigenvalue weighted by atomic mass is 16.5. The van der Waals surface area contributed by atoms with Gasteiger partial charge in [0.1, 0.15) is 12.3 Å². The van der Waals surface area contributed by atoms with Crippen molar-refractivity contribution in [1.29, 1.82) is 0 Å². The zero-order valence-electron chi connectivity index (χ0n) is 17.5. The molecule has 0 aromatic heterocycles. The number of benzene rings is 1. The third kappa shape index (κ3) is 5.50. The first kappa shape index (κ1) is 21.6. The fraction of sp³-hybridized carbons (Fsp3) is 0.476. The minimum Gasteiger partial charge on any atom is -0.497 e. The molecule has 0 spiro atoms. The van der Waals surface area contributed by atoms with Crippen LogP contribution in [0.4, 0.5) is 4.79 Å². The van der Waals surface area contributed by atoms with Gasteiger partial charge in [0, 0.05) is 6.04 Å². The van der Waals surface area contributed by atoms with Crippen LogP contribution in [-0.4, -0.2) is 57.8 Å². The van der Waals surface area contributed by atoms with Crippen molar-refractivity contribution in [2.75, 3.05) is 33.9 Å². The van der Waals surface area contributed by atoms with Crippen LogP contribution in [0.25, 0.3) is 0 Å². The summed E-state index contributed by atoms with van der Waals surface area (Å²) < 4.78 is 10.5. The molecule has 1 heterocycles. The van der Waals surface area contributed by atoms with E-state index in [1.165, 1.54) is 0 Å². The molecule has 3 amide bonds. The van der Waals surface area contributed by atoms with Gasteiger partial charge in [0.2, 0.25) is 0 Å². The van der Waals surface area contributed by atoms with Crippen LogP contribution < -0.4 is 25.6 Å². The van der Waals surface area contributed by atoms with Crippen molar-refractivity contribution in [2.45, 2.75) is 31.8 Å². The van der Waals surface area contributed by atoms with Crippen LogP contribution in [0.15, 0.2) is 35.5 Å². The standard InChI is InChI=1S/C21H28N4O5/c1-4-30-20(27)18-16(11-25(2)12-17(26)22-14-7-8-14)23-21(28)24-19(18)13-5-9-15(29-3)10-6-13/h5-6,9-10,14,19H,4,7-8,11-12H2,1-3H3,(H,22,26)(H2,23,24,28)/p+1/t19-/m0/s1. The predicted molar refractivity (Wildman–Crippen MR) is 109 cm³/mol. The molecule has 1 aliphatic carbocycles. The lowest BCUT2D eigenvalue weighted by Crippen LogP contribution is -3.10. The monoisotopic (exact) mass is 417 g/mol. The lowest BCUT2D eigenvalue weighted by atomic mass is 9.95. The van der Waals surface area contributed by atoms with Gasteiger partial charge in [-0.25, -0.2) is 9.59 Å². The summed E-state index contributed by atoms with van der Waals surface area (Å²) in [5, 5.41) is 8.49. The van der Waals surface area contributed by atoms with Crippen molar-refractivity contribution in [3.05, 3.63) is 41.1 Å². The Bertz CT molecular complexity index is 832. The smallest absolute Gasteiger partial charge is 0.338 e. The lowest BCUT2D eigenvalue weighted by molar-refractivity contribution is -0.866. The maximum Gasteiger partial charge on any atom is 0.338 e. The van der Waals surface area contributed by atoms with E-state index < -0.39 is 18.0 Å². The Morgan fingerprint density at radius 2 is 1.93 bits per heavy atom. The van der Waals surface area contributed by atoms with E-state index in [0.717, 1.165) is 23.3 Å². The Kier molecular flexibility index (Phi) is 6.94. The maximum absolute atomic E-state index is 12.8. The largest absolute Gasteiger partial charge is 0.497 e. The van der Waals surface area contributed by atoms with E-state index >= 15 is 0 Å². The molecule has 1 aromatic carbocycles. The summed E-state index contributed by atoms with van der Waals surface area (Å²) in [6, 6.07) is 6.35. The van der Waals surface area contributed by atoms with E-state index in [-0.39, 0.29) is 25.1 Å². The average Bonchev–Trinajstić information content (AvgIpc) is 3.51. The average molecular weight is 417 g/mol. The fourth-order valence-electron chi connectivity index (χ4n) is 3.40. The van der Waals surface area contributed by atoms with E-state index in [4.69, 9.17) is 9.47 Å². The maximum atomic E-state index is 12.8. The summed E-state index contributed by atoms with van der Waals surface area (Å²) in [4.78, 5) is 38.1. The fourth-order valence-corrected chi connectivity index (χ4v) is 3.40. The second-order valence-electron chi connectivity index (χ2n) is 7.57. The molecule has 1 fully saturated rings. The Balaban J connectivity index is 1.85. The molecule has 0 bridgehead atoms. The van der Waals surface area contributed by atoms with Gasteiger partial charge in [-0.1, -0.05) is 12.1 Å². The van der Waals surface area contributed by atoms with Crippen LogP contribution in [0.1, 0.15) is 31.4 Å². The number of hydrogen-bond acceptors (Lipinski definition) is 5. The first-order valence-electron chi connectivity index (χ1n) is 10.1. The van der Waals surface area contributed by atoms with Gasteiger partial charge < -0.3 is 30.3 Å². The molecule has 2 atom stereocenters. The number of ether oxygens (including phenoxy) is 2. The van der Waals surface area contributed by atoms with Gasteiger partial charge in [0.25, 0.3) is 5.91 Å². The minimum absolute atomic E-state index is 0.0414. The van der Waals surface area contributed by atoms with Gasteiger partial charge in [-0.05, 0) is 37.5 Å². The molecule has 0 saturated heterocycles. The zero-order chi connectivity index (χ0) is 21.7. The van der Waals surface area contributed by atoms with Crippen molar-refractivity contribution in [3.8, 4) is 5.75 Å².